The number of nitrogens with zero attached hydrogens (tertiary/aromatic N) is 1. The highest BCUT2D eigenvalue weighted by atomic mass is 35.5. The molecular formula is C15H21Cl2NO. The summed E-state index contributed by atoms with van der Waals surface area (Å²) >= 11 is 12.5. The van der Waals surface area contributed by atoms with E-state index in [9.17, 15) is 4.79 Å². The smallest absolute Gasteiger partial charge is 0.132 e. The lowest BCUT2D eigenvalue weighted by molar-refractivity contribution is -0.121. The Morgan fingerprint density at radius 3 is 2.53 bits per heavy atom. The zero-order valence-electron chi connectivity index (χ0n) is 11.6. The van der Waals surface area contributed by atoms with Gasteiger partial charge in [0.25, 0.3) is 0 Å². The van der Waals surface area contributed by atoms with E-state index in [2.05, 4.69) is 11.5 Å². The van der Waals surface area contributed by atoms with Crippen LogP contribution in [0.4, 0.5) is 0 Å². The van der Waals surface area contributed by atoms with Crippen LogP contribution in [0.2, 0.25) is 0 Å². The Morgan fingerprint density at radius 1 is 1.32 bits per heavy atom. The van der Waals surface area contributed by atoms with Crippen LogP contribution in [0.25, 0.3) is 0 Å². The summed E-state index contributed by atoms with van der Waals surface area (Å²) in [6.07, 6.45) is 6.21. The van der Waals surface area contributed by atoms with Crippen molar-refractivity contribution >= 4 is 29.0 Å². The molecule has 0 bridgehead atoms. The van der Waals surface area contributed by atoms with Crippen molar-refractivity contribution in [2.45, 2.75) is 33.1 Å². The van der Waals surface area contributed by atoms with Crippen molar-refractivity contribution in [3.8, 4) is 0 Å². The van der Waals surface area contributed by atoms with Crippen LogP contribution >= 0.6 is 23.2 Å². The molecule has 4 heteroatoms. The standard InChI is InChI=1S/C15H21Cl2NO/c1-4-13(16)15(14(17)5-2)18-9-6-7-12(8-10-18)11(3)19/h4-5,12H,1,6-10H2,2-3H3/b14-5+,15-13-. The summed E-state index contributed by atoms with van der Waals surface area (Å²) in [5, 5.41) is 1.19. The Labute approximate surface area is 125 Å². The second kappa shape index (κ2) is 7.76. The normalized spacial score (nSPS) is 22.6. The zero-order valence-corrected chi connectivity index (χ0v) is 13.1. The van der Waals surface area contributed by atoms with Crippen molar-refractivity contribution in [1.82, 2.24) is 4.90 Å². The van der Waals surface area contributed by atoms with E-state index in [4.69, 9.17) is 23.2 Å². The van der Waals surface area contributed by atoms with Crippen molar-refractivity contribution in [2.24, 2.45) is 5.92 Å². The minimum absolute atomic E-state index is 0.165. The van der Waals surface area contributed by atoms with Gasteiger partial charge in [-0.1, -0.05) is 35.9 Å². The van der Waals surface area contributed by atoms with E-state index in [1.165, 1.54) is 0 Å². The van der Waals surface area contributed by atoms with Crippen LogP contribution in [0.3, 0.4) is 0 Å². The molecular weight excluding hydrogens is 281 g/mol. The highest BCUT2D eigenvalue weighted by Crippen LogP contribution is 2.29. The number of carbonyl (C=O) groups excluding carboxylic acids is 1. The van der Waals surface area contributed by atoms with Gasteiger partial charge in [0.05, 0.1) is 15.8 Å². The third kappa shape index (κ3) is 4.39. The molecule has 0 aromatic carbocycles. The maximum atomic E-state index is 11.5. The Bertz CT molecular complexity index is 412. The minimum Gasteiger partial charge on any atom is -0.369 e. The van der Waals surface area contributed by atoms with Crippen LogP contribution in [0.5, 0.6) is 0 Å². The second-order valence-electron chi connectivity index (χ2n) is 4.76. The average Bonchev–Trinajstić information content (AvgIpc) is 2.64. The molecule has 1 fully saturated rings. The quantitative estimate of drug-likeness (QED) is 0.715. The molecule has 0 aromatic heterocycles. The molecule has 1 heterocycles. The van der Waals surface area contributed by atoms with Crippen molar-refractivity contribution < 1.29 is 4.79 Å². The molecule has 1 unspecified atom stereocenters. The molecule has 1 atom stereocenters. The van der Waals surface area contributed by atoms with Gasteiger partial charge in [-0.15, -0.1) is 0 Å². The van der Waals surface area contributed by atoms with Crippen molar-refractivity contribution in [2.75, 3.05) is 13.1 Å². The zero-order chi connectivity index (χ0) is 14.4. The SMILES string of the molecule is C=C/C(Cl)=C(\C(Cl)=C/C)N1CCCC(C(C)=O)CC1. The Hall–Kier alpha value is -0.730. The van der Waals surface area contributed by atoms with Gasteiger partial charge in [0.15, 0.2) is 0 Å². The summed E-state index contributed by atoms with van der Waals surface area (Å²) in [7, 11) is 0. The molecule has 0 saturated carbocycles. The number of hydrogen-bond donors (Lipinski definition) is 0. The van der Waals surface area contributed by atoms with Crippen molar-refractivity contribution in [3.63, 3.8) is 0 Å². The molecule has 1 saturated heterocycles. The third-order valence-electron chi connectivity index (χ3n) is 3.50. The molecule has 1 aliphatic rings. The lowest BCUT2D eigenvalue weighted by Gasteiger charge is -2.26. The van der Waals surface area contributed by atoms with Crippen LogP contribution < -0.4 is 0 Å². The predicted octanol–water partition coefficient (Wildman–Crippen LogP) is 4.46. The molecule has 0 aromatic rings. The molecule has 1 aliphatic heterocycles. The summed E-state index contributed by atoms with van der Waals surface area (Å²) in [6, 6.07) is 0. The number of likely N-dealkylation sites (tertiary alicyclic amines) is 1. The number of carbonyl (C=O) groups is 1. The van der Waals surface area contributed by atoms with E-state index in [1.54, 1.807) is 13.0 Å². The summed E-state index contributed by atoms with van der Waals surface area (Å²) in [5.74, 6) is 0.442. The summed E-state index contributed by atoms with van der Waals surface area (Å²) < 4.78 is 0. The van der Waals surface area contributed by atoms with Gasteiger partial charge >= 0.3 is 0 Å². The number of hydrogen-bond acceptors (Lipinski definition) is 2. The van der Waals surface area contributed by atoms with E-state index in [-0.39, 0.29) is 11.7 Å². The number of allylic oxidation sites excluding steroid dienone is 4. The third-order valence-corrected chi connectivity index (χ3v) is 4.23. The highest BCUT2D eigenvalue weighted by molar-refractivity contribution is 6.36. The van der Waals surface area contributed by atoms with E-state index in [0.717, 1.165) is 38.0 Å². The molecule has 0 aliphatic carbocycles. The lowest BCUT2D eigenvalue weighted by atomic mass is 9.97. The molecule has 1 rings (SSSR count). The van der Waals surface area contributed by atoms with Gasteiger partial charge in [-0.3, -0.25) is 4.79 Å². The minimum atomic E-state index is 0.165. The van der Waals surface area contributed by atoms with Crippen molar-refractivity contribution in [3.05, 3.63) is 34.5 Å². The number of rotatable bonds is 4. The molecule has 0 amide bonds. The molecule has 2 nitrogen and oxygen atoms in total. The first kappa shape index (κ1) is 16.3. The van der Waals surface area contributed by atoms with Gasteiger partial charge in [0, 0.05) is 19.0 Å². The fourth-order valence-corrected chi connectivity index (χ4v) is 2.87. The summed E-state index contributed by atoms with van der Waals surface area (Å²) in [6.45, 7) is 8.92. The van der Waals surface area contributed by atoms with E-state index in [0.29, 0.717) is 10.1 Å². The van der Waals surface area contributed by atoms with Gasteiger partial charge in [-0.2, -0.15) is 0 Å². The lowest BCUT2D eigenvalue weighted by Crippen LogP contribution is -2.25. The van der Waals surface area contributed by atoms with Gasteiger partial charge in [-0.05, 0) is 39.2 Å². The van der Waals surface area contributed by atoms with Crippen LogP contribution in [-0.4, -0.2) is 23.8 Å². The predicted molar refractivity (Wildman–Crippen MR) is 82.3 cm³/mol. The van der Waals surface area contributed by atoms with Gasteiger partial charge < -0.3 is 4.90 Å². The molecule has 106 valence electrons. The topological polar surface area (TPSA) is 20.3 Å². The monoisotopic (exact) mass is 301 g/mol. The van der Waals surface area contributed by atoms with Crippen LogP contribution in [0, 0.1) is 5.92 Å². The van der Waals surface area contributed by atoms with Gasteiger partial charge in [0.2, 0.25) is 0 Å². The Kier molecular flexibility index (Phi) is 6.67. The van der Waals surface area contributed by atoms with Gasteiger partial charge in [0.1, 0.15) is 5.78 Å². The second-order valence-corrected chi connectivity index (χ2v) is 5.58. The van der Waals surface area contributed by atoms with E-state index >= 15 is 0 Å². The first-order valence-electron chi connectivity index (χ1n) is 6.61. The first-order valence-corrected chi connectivity index (χ1v) is 7.36. The number of Topliss-reactive ketones (excluding diaryl/α,β-unsaturated/α-hetero) is 1. The fourth-order valence-electron chi connectivity index (χ4n) is 2.38. The number of ketones is 1. The molecule has 0 spiro atoms. The molecule has 0 radical (unpaired) electrons. The maximum Gasteiger partial charge on any atom is 0.132 e. The summed E-state index contributed by atoms with van der Waals surface area (Å²) in [4.78, 5) is 13.7. The first-order chi connectivity index (χ1) is 9.01. The number of halogens is 2. The Morgan fingerprint density at radius 2 is 2.00 bits per heavy atom. The van der Waals surface area contributed by atoms with Gasteiger partial charge in [-0.25, -0.2) is 0 Å². The van der Waals surface area contributed by atoms with Crippen molar-refractivity contribution in [1.29, 1.82) is 0 Å². The van der Waals surface area contributed by atoms with E-state index in [1.807, 2.05) is 13.0 Å². The van der Waals surface area contributed by atoms with Crippen LogP contribution in [0.1, 0.15) is 33.1 Å². The Balaban J connectivity index is 2.94. The van der Waals surface area contributed by atoms with Crippen LogP contribution in [0.15, 0.2) is 34.5 Å². The average molecular weight is 302 g/mol. The van der Waals surface area contributed by atoms with Crippen LogP contribution in [-0.2, 0) is 4.79 Å². The summed E-state index contributed by atoms with van der Waals surface area (Å²) in [5.41, 5.74) is 0.824. The molecule has 0 N–H and O–H groups in total. The molecule has 19 heavy (non-hydrogen) atoms. The maximum absolute atomic E-state index is 11.5. The fraction of sp³-hybridized carbons (Fsp3) is 0.533. The van der Waals surface area contributed by atoms with E-state index < -0.39 is 0 Å². The highest BCUT2D eigenvalue weighted by Gasteiger charge is 2.23. The largest absolute Gasteiger partial charge is 0.369 e.